The molecule has 18 heavy (non-hydrogen) atoms. The van der Waals surface area contributed by atoms with E-state index in [-0.39, 0.29) is 11.3 Å². The smallest absolute Gasteiger partial charge is 0.270 e. The van der Waals surface area contributed by atoms with Crippen molar-refractivity contribution in [1.82, 2.24) is 0 Å². The average Bonchev–Trinajstić information content (AvgIpc) is 2.39. The molecule has 0 saturated heterocycles. The molecule has 0 radical (unpaired) electrons. The molecule has 0 aliphatic rings. The third kappa shape index (κ3) is 2.35. The van der Waals surface area contributed by atoms with Crippen LogP contribution in [0.1, 0.15) is 10.4 Å². The molecule has 0 N–H and O–H groups in total. The van der Waals surface area contributed by atoms with E-state index in [1.807, 2.05) is 0 Å². The molecule has 0 heterocycles. The lowest BCUT2D eigenvalue weighted by Crippen LogP contribution is -2.21. The van der Waals surface area contributed by atoms with Crippen LogP contribution in [0, 0.1) is 10.1 Å². The molecule has 0 bridgehead atoms. The summed E-state index contributed by atoms with van der Waals surface area (Å²) in [7, 11) is 0. The molecule has 90 valence electrons. The van der Waals surface area contributed by atoms with E-state index in [0.29, 0.717) is 11.1 Å². The van der Waals surface area contributed by atoms with Gasteiger partial charge < -0.3 is 9.90 Å². The minimum Gasteiger partial charge on any atom is -0.545 e. The minimum atomic E-state index is -1.25. The van der Waals surface area contributed by atoms with E-state index < -0.39 is 10.9 Å². The number of aromatic carboxylic acids is 1. The van der Waals surface area contributed by atoms with Crippen molar-refractivity contribution in [3.63, 3.8) is 0 Å². The zero-order chi connectivity index (χ0) is 13.1. The summed E-state index contributed by atoms with van der Waals surface area (Å²) in [6.45, 7) is 0. The van der Waals surface area contributed by atoms with Crippen LogP contribution in [0.2, 0.25) is 0 Å². The number of rotatable bonds is 3. The topological polar surface area (TPSA) is 83.3 Å². The predicted octanol–water partition coefficient (Wildman–Crippen LogP) is 1.63. The highest BCUT2D eigenvalue weighted by Gasteiger charge is 2.06. The van der Waals surface area contributed by atoms with E-state index in [4.69, 9.17) is 0 Å². The fourth-order valence-electron chi connectivity index (χ4n) is 1.60. The van der Waals surface area contributed by atoms with Crippen LogP contribution >= 0.6 is 0 Å². The Labute approximate surface area is 102 Å². The lowest BCUT2D eigenvalue weighted by Gasteiger charge is -2.05. The molecule has 0 saturated carbocycles. The van der Waals surface area contributed by atoms with E-state index in [1.54, 1.807) is 24.3 Å². The van der Waals surface area contributed by atoms with E-state index in [1.165, 1.54) is 24.3 Å². The number of nitro benzene ring substituents is 1. The molecule has 0 unspecified atom stereocenters. The van der Waals surface area contributed by atoms with Crippen LogP contribution in [0.4, 0.5) is 5.69 Å². The Morgan fingerprint density at radius 3 is 2.22 bits per heavy atom. The second kappa shape index (κ2) is 4.67. The Balaban J connectivity index is 2.39. The van der Waals surface area contributed by atoms with E-state index in [2.05, 4.69) is 0 Å². The summed E-state index contributed by atoms with van der Waals surface area (Å²) in [5.41, 5.74) is 1.44. The van der Waals surface area contributed by atoms with Gasteiger partial charge in [0.2, 0.25) is 0 Å². The summed E-state index contributed by atoms with van der Waals surface area (Å²) in [5, 5.41) is 21.2. The van der Waals surface area contributed by atoms with Gasteiger partial charge in [0.05, 0.1) is 10.9 Å². The molecular formula is C13H8NO4-. The molecule has 0 aliphatic heterocycles. The fourth-order valence-corrected chi connectivity index (χ4v) is 1.60. The number of hydrogen-bond donors (Lipinski definition) is 0. The molecular weight excluding hydrogens is 234 g/mol. The van der Waals surface area contributed by atoms with Crippen LogP contribution in [0.3, 0.4) is 0 Å². The first-order valence-electron chi connectivity index (χ1n) is 5.14. The molecule has 2 aromatic carbocycles. The predicted molar refractivity (Wildman–Crippen MR) is 62.9 cm³/mol. The average molecular weight is 242 g/mol. The summed E-state index contributed by atoms with van der Waals surface area (Å²) < 4.78 is 0. The largest absolute Gasteiger partial charge is 0.545 e. The van der Waals surface area contributed by atoms with Crippen LogP contribution in [0.15, 0.2) is 48.5 Å². The molecule has 0 fully saturated rings. The number of carboxylic acids is 1. The van der Waals surface area contributed by atoms with Gasteiger partial charge >= 0.3 is 0 Å². The Kier molecular flexibility index (Phi) is 3.05. The molecule has 0 spiro atoms. The van der Waals surface area contributed by atoms with Crippen molar-refractivity contribution in [3.05, 3.63) is 64.2 Å². The van der Waals surface area contributed by atoms with Crippen molar-refractivity contribution >= 4 is 11.7 Å². The highest BCUT2D eigenvalue weighted by atomic mass is 16.6. The van der Waals surface area contributed by atoms with E-state index in [9.17, 15) is 20.0 Å². The van der Waals surface area contributed by atoms with Crippen molar-refractivity contribution < 1.29 is 14.8 Å². The number of benzene rings is 2. The van der Waals surface area contributed by atoms with Crippen molar-refractivity contribution in [1.29, 1.82) is 0 Å². The van der Waals surface area contributed by atoms with Crippen LogP contribution < -0.4 is 5.11 Å². The van der Waals surface area contributed by atoms with E-state index in [0.717, 1.165) is 0 Å². The van der Waals surface area contributed by atoms with Crippen molar-refractivity contribution in [2.75, 3.05) is 0 Å². The van der Waals surface area contributed by atoms with Gasteiger partial charge in [-0.3, -0.25) is 10.1 Å². The Bertz CT molecular complexity index is 605. The Morgan fingerprint density at radius 2 is 1.67 bits per heavy atom. The first kappa shape index (κ1) is 11.8. The van der Waals surface area contributed by atoms with Gasteiger partial charge in [-0.15, -0.1) is 0 Å². The molecule has 2 rings (SSSR count). The number of nitrogens with zero attached hydrogens (tertiary/aromatic N) is 1. The summed E-state index contributed by atoms with van der Waals surface area (Å²) in [4.78, 5) is 20.8. The summed E-state index contributed by atoms with van der Waals surface area (Å²) >= 11 is 0. The highest BCUT2D eigenvalue weighted by Crippen LogP contribution is 2.23. The quantitative estimate of drug-likeness (QED) is 0.604. The molecule has 2 aromatic rings. The maximum atomic E-state index is 10.6. The summed E-state index contributed by atoms with van der Waals surface area (Å²) in [6.07, 6.45) is 0. The molecule has 5 heteroatoms. The lowest BCUT2D eigenvalue weighted by molar-refractivity contribution is -0.384. The molecule has 5 nitrogen and oxygen atoms in total. The summed E-state index contributed by atoms with van der Waals surface area (Å²) in [5.74, 6) is -1.25. The van der Waals surface area contributed by atoms with Gasteiger partial charge in [0.15, 0.2) is 0 Å². The Morgan fingerprint density at radius 1 is 1.00 bits per heavy atom. The fraction of sp³-hybridized carbons (Fsp3) is 0. The molecule has 0 amide bonds. The first-order chi connectivity index (χ1) is 8.58. The van der Waals surface area contributed by atoms with Crippen LogP contribution in [0.5, 0.6) is 0 Å². The van der Waals surface area contributed by atoms with E-state index >= 15 is 0 Å². The van der Waals surface area contributed by atoms with Crippen LogP contribution in [-0.2, 0) is 0 Å². The number of carbonyl (C=O) groups excluding carboxylic acids is 1. The van der Waals surface area contributed by atoms with Gasteiger partial charge in [-0.1, -0.05) is 36.4 Å². The maximum absolute atomic E-state index is 10.6. The van der Waals surface area contributed by atoms with Crippen molar-refractivity contribution in [3.8, 4) is 11.1 Å². The first-order valence-corrected chi connectivity index (χ1v) is 5.14. The van der Waals surface area contributed by atoms with Gasteiger partial charge in [-0.05, 0) is 16.7 Å². The SMILES string of the molecule is O=C([O-])c1ccc(-c2cccc([N+](=O)[O-])c2)cc1. The zero-order valence-corrected chi connectivity index (χ0v) is 9.20. The Hall–Kier alpha value is -2.69. The third-order valence-corrected chi connectivity index (χ3v) is 2.51. The van der Waals surface area contributed by atoms with Gasteiger partial charge in [-0.2, -0.15) is 0 Å². The normalized spacial score (nSPS) is 10.0. The van der Waals surface area contributed by atoms with Gasteiger partial charge in [0, 0.05) is 12.1 Å². The number of nitro groups is 1. The minimum absolute atomic E-state index is 0.00326. The highest BCUT2D eigenvalue weighted by molar-refractivity contribution is 5.86. The number of non-ortho nitro benzene ring substituents is 1. The third-order valence-electron chi connectivity index (χ3n) is 2.51. The maximum Gasteiger partial charge on any atom is 0.270 e. The lowest BCUT2D eigenvalue weighted by atomic mass is 10.0. The van der Waals surface area contributed by atoms with Crippen LogP contribution in [0.25, 0.3) is 11.1 Å². The molecule has 0 aliphatic carbocycles. The van der Waals surface area contributed by atoms with Gasteiger partial charge in [0.1, 0.15) is 0 Å². The number of carboxylic acid groups (broad SMARTS) is 1. The second-order valence-corrected chi connectivity index (χ2v) is 3.67. The molecule has 0 atom stereocenters. The van der Waals surface area contributed by atoms with Gasteiger partial charge in [0.25, 0.3) is 5.69 Å². The second-order valence-electron chi connectivity index (χ2n) is 3.67. The molecule has 0 aromatic heterocycles. The number of hydrogen-bond acceptors (Lipinski definition) is 4. The van der Waals surface area contributed by atoms with Crippen LogP contribution in [-0.4, -0.2) is 10.9 Å². The van der Waals surface area contributed by atoms with Gasteiger partial charge in [-0.25, -0.2) is 0 Å². The number of carbonyl (C=O) groups is 1. The standard InChI is InChI=1S/C13H9NO4/c15-13(16)10-6-4-9(5-7-10)11-2-1-3-12(8-11)14(17)18/h1-8H,(H,15,16)/p-1. The van der Waals surface area contributed by atoms with Crippen molar-refractivity contribution in [2.45, 2.75) is 0 Å². The van der Waals surface area contributed by atoms with Crippen molar-refractivity contribution in [2.24, 2.45) is 0 Å². The zero-order valence-electron chi connectivity index (χ0n) is 9.20. The monoisotopic (exact) mass is 242 g/mol. The summed E-state index contributed by atoms with van der Waals surface area (Å²) in [6, 6.07) is 12.1.